The van der Waals surface area contributed by atoms with E-state index >= 15 is 0 Å². The first-order valence-corrected chi connectivity index (χ1v) is 8.35. The van der Waals surface area contributed by atoms with Gasteiger partial charge in [-0.2, -0.15) is 5.10 Å². The summed E-state index contributed by atoms with van der Waals surface area (Å²) in [4.78, 5) is 6.28. The molecule has 0 saturated carbocycles. The fraction of sp³-hybridized carbons (Fsp3) is 0.263. The summed E-state index contributed by atoms with van der Waals surface area (Å²) in [5, 5.41) is 4.38. The zero-order valence-electron chi connectivity index (χ0n) is 14.4. The van der Waals surface area contributed by atoms with Gasteiger partial charge < -0.3 is 13.9 Å². The van der Waals surface area contributed by atoms with Crippen LogP contribution in [0.4, 0.5) is 5.69 Å². The van der Waals surface area contributed by atoms with E-state index in [0.29, 0.717) is 0 Å². The Labute approximate surface area is 146 Å². The highest BCUT2D eigenvalue weighted by Crippen LogP contribution is 2.22. The molecule has 3 heterocycles. The topological polar surface area (TPSA) is 58.6 Å². The van der Waals surface area contributed by atoms with Crippen molar-refractivity contribution in [1.29, 1.82) is 0 Å². The summed E-state index contributed by atoms with van der Waals surface area (Å²) in [6, 6.07) is 10.1. The second-order valence-corrected chi connectivity index (χ2v) is 6.40. The first-order chi connectivity index (χ1) is 12.2. The van der Waals surface area contributed by atoms with Gasteiger partial charge in [0.1, 0.15) is 0 Å². The van der Waals surface area contributed by atoms with Crippen LogP contribution in [0.2, 0.25) is 0 Å². The molecule has 2 aromatic heterocycles. The molecule has 0 amide bonds. The van der Waals surface area contributed by atoms with Gasteiger partial charge in [-0.1, -0.05) is 0 Å². The lowest BCUT2D eigenvalue weighted by Crippen LogP contribution is -2.26. The van der Waals surface area contributed by atoms with E-state index in [9.17, 15) is 0 Å². The zero-order chi connectivity index (χ0) is 17.2. The number of likely N-dealkylation sites (N-methyl/N-ethyl adjacent to an activating group) is 1. The predicted octanol–water partition coefficient (Wildman–Crippen LogP) is 3.11. The van der Waals surface area contributed by atoms with Crippen molar-refractivity contribution in [1.82, 2.24) is 14.5 Å². The van der Waals surface area contributed by atoms with Crippen molar-refractivity contribution in [2.24, 2.45) is 12.1 Å². The fourth-order valence-corrected chi connectivity index (χ4v) is 3.23. The predicted molar refractivity (Wildman–Crippen MR) is 98.6 cm³/mol. The van der Waals surface area contributed by atoms with E-state index in [0.717, 1.165) is 42.2 Å². The molecule has 6 heteroatoms. The van der Waals surface area contributed by atoms with E-state index in [-0.39, 0.29) is 0 Å². The quantitative estimate of drug-likeness (QED) is 0.588. The highest BCUT2D eigenvalue weighted by Gasteiger charge is 2.17. The van der Waals surface area contributed by atoms with Crippen molar-refractivity contribution in [3.63, 3.8) is 0 Å². The molecule has 1 aliphatic heterocycles. The number of aromatic nitrogens is 2. The summed E-state index contributed by atoms with van der Waals surface area (Å²) < 4.78 is 7.53. The van der Waals surface area contributed by atoms with Crippen LogP contribution in [0.25, 0.3) is 11.3 Å². The standard InChI is InChI=1S/C19H21N5O/c1-23-8-7-18-15(12-23)9-17(24(18)2)10-21-22-16-5-3-14(4-6-16)19-11-20-13-25-19/h3-6,9-11,13,22H,7-8,12H2,1-2H3/b21-10+. The lowest BCUT2D eigenvalue weighted by molar-refractivity contribution is 0.309. The number of oxazole rings is 1. The maximum atomic E-state index is 5.29. The third-order valence-corrected chi connectivity index (χ3v) is 4.65. The van der Waals surface area contributed by atoms with Gasteiger partial charge in [0.25, 0.3) is 0 Å². The van der Waals surface area contributed by atoms with Gasteiger partial charge >= 0.3 is 0 Å². The second-order valence-electron chi connectivity index (χ2n) is 6.40. The van der Waals surface area contributed by atoms with Crippen LogP contribution < -0.4 is 5.43 Å². The van der Waals surface area contributed by atoms with Gasteiger partial charge in [-0.15, -0.1) is 0 Å². The normalized spacial score (nSPS) is 14.8. The van der Waals surface area contributed by atoms with Crippen molar-refractivity contribution in [2.75, 3.05) is 19.0 Å². The summed E-state index contributed by atoms with van der Waals surface area (Å²) in [5.41, 5.74) is 8.93. The van der Waals surface area contributed by atoms with E-state index in [1.165, 1.54) is 17.7 Å². The third-order valence-electron chi connectivity index (χ3n) is 4.65. The number of hydrazone groups is 1. The Morgan fingerprint density at radius 3 is 2.84 bits per heavy atom. The molecule has 0 radical (unpaired) electrons. The van der Waals surface area contributed by atoms with E-state index in [1.54, 1.807) is 6.20 Å². The van der Waals surface area contributed by atoms with Crippen molar-refractivity contribution < 1.29 is 4.42 Å². The van der Waals surface area contributed by atoms with Crippen molar-refractivity contribution in [3.05, 3.63) is 59.9 Å². The van der Waals surface area contributed by atoms with Crippen LogP contribution in [0.5, 0.6) is 0 Å². The second kappa shape index (κ2) is 6.57. The number of benzene rings is 1. The Bertz CT molecular complexity index is 877. The lowest BCUT2D eigenvalue weighted by atomic mass is 10.1. The molecule has 128 valence electrons. The average Bonchev–Trinajstić information content (AvgIpc) is 3.25. The molecule has 0 fully saturated rings. The van der Waals surface area contributed by atoms with Gasteiger partial charge in [-0.05, 0) is 42.9 Å². The third kappa shape index (κ3) is 3.21. The largest absolute Gasteiger partial charge is 0.444 e. The summed E-state index contributed by atoms with van der Waals surface area (Å²) >= 11 is 0. The van der Waals surface area contributed by atoms with E-state index in [4.69, 9.17) is 4.42 Å². The number of nitrogens with one attached hydrogen (secondary N) is 1. The van der Waals surface area contributed by atoms with Crippen LogP contribution in [0.1, 0.15) is 17.0 Å². The highest BCUT2D eigenvalue weighted by molar-refractivity contribution is 5.79. The fourth-order valence-electron chi connectivity index (χ4n) is 3.23. The molecule has 0 atom stereocenters. The maximum absolute atomic E-state index is 5.29. The molecule has 4 rings (SSSR count). The number of hydrogen-bond acceptors (Lipinski definition) is 5. The number of nitrogens with zero attached hydrogens (tertiary/aromatic N) is 4. The first kappa shape index (κ1) is 15.7. The number of anilines is 1. The SMILES string of the molecule is CN1CCc2c(cc(/C=N/Nc3ccc(-c4cnco4)cc3)n2C)C1. The minimum absolute atomic E-state index is 0.759. The monoisotopic (exact) mass is 335 g/mol. The molecule has 0 aliphatic carbocycles. The van der Waals surface area contributed by atoms with Crippen LogP contribution in [-0.2, 0) is 20.0 Å². The molecule has 0 bridgehead atoms. The zero-order valence-corrected chi connectivity index (χ0v) is 14.4. The lowest BCUT2D eigenvalue weighted by Gasteiger charge is -2.23. The highest BCUT2D eigenvalue weighted by atomic mass is 16.3. The van der Waals surface area contributed by atoms with Crippen molar-refractivity contribution in [2.45, 2.75) is 13.0 Å². The minimum atomic E-state index is 0.759. The Balaban J connectivity index is 1.45. The van der Waals surface area contributed by atoms with Crippen LogP contribution in [0, 0.1) is 0 Å². The van der Waals surface area contributed by atoms with Gasteiger partial charge in [-0.25, -0.2) is 4.98 Å². The molecule has 0 unspecified atom stereocenters. The van der Waals surface area contributed by atoms with Crippen LogP contribution in [0.15, 0.2) is 52.4 Å². The van der Waals surface area contributed by atoms with Crippen LogP contribution in [0.3, 0.4) is 0 Å². The molecule has 6 nitrogen and oxygen atoms in total. The Kier molecular flexibility index (Phi) is 4.11. The Hall–Kier alpha value is -2.86. The van der Waals surface area contributed by atoms with E-state index in [1.807, 2.05) is 30.5 Å². The number of rotatable bonds is 4. The first-order valence-electron chi connectivity index (χ1n) is 8.35. The minimum Gasteiger partial charge on any atom is -0.444 e. The number of hydrogen-bond donors (Lipinski definition) is 1. The molecule has 3 aromatic rings. The van der Waals surface area contributed by atoms with Gasteiger partial charge in [0.05, 0.1) is 23.8 Å². The van der Waals surface area contributed by atoms with Crippen molar-refractivity contribution >= 4 is 11.9 Å². The van der Waals surface area contributed by atoms with Crippen LogP contribution in [-0.4, -0.2) is 34.3 Å². The molecule has 1 aliphatic rings. The van der Waals surface area contributed by atoms with Gasteiger partial charge in [-0.3, -0.25) is 5.43 Å². The number of fused-ring (bicyclic) bond motifs is 1. The molecule has 0 spiro atoms. The molecule has 25 heavy (non-hydrogen) atoms. The molecular formula is C19H21N5O. The molecular weight excluding hydrogens is 314 g/mol. The summed E-state index contributed by atoms with van der Waals surface area (Å²) in [7, 11) is 4.27. The summed E-state index contributed by atoms with van der Waals surface area (Å²) in [6.45, 7) is 2.12. The van der Waals surface area contributed by atoms with E-state index in [2.05, 4.69) is 45.1 Å². The smallest absolute Gasteiger partial charge is 0.181 e. The molecule has 1 aromatic carbocycles. The Morgan fingerprint density at radius 1 is 1.24 bits per heavy atom. The molecule has 1 N–H and O–H groups in total. The summed E-state index contributed by atoms with van der Waals surface area (Å²) in [6.07, 6.45) is 6.10. The average molecular weight is 335 g/mol. The Morgan fingerprint density at radius 2 is 2.08 bits per heavy atom. The summed E-state index contributed by atoms with van der Waals surface area (Å²) in [5.74, 6) is 0.759. The van der Waals surface area contributed by atoms with Crippen LogP contribution >= 0.6 is 0 Å². The van der Waals surface area contributed by atoms with Gasteiger partial charge in [0.2, 0.25) is 0 Å². The maximum Gasteiger partial charge on any atom is 0.181 e. The van der Waals surface area contributed by atoms with Crippen molar-refractivity contribution in [3.8, 4) is 11.3 Å². The van der Waals surface area contributed by atoms with E-state index < -0.39 is 0 Å². The van der Waals surface area contributed by atoms with Gasteiger partial charge in [0, 0.05) is 37.8 Å². The van der Waals surface area contributed by atoms with Gasteiger partial charge in [0.15, 0.2) is 12.2 Å². The molecule has 0 saturated heterocycles.